The van der Waals surface area contributed by atoms with E-state index in [1.165, 1.54) is 7.11 Å². The summed E-state index contributed by atoms with van der Waals surface area (Å²) in [6.45, 7) is 0.0860. The maximum atomic E-state index is 11.7. The van der Waals surface area contributed by atoms with Crippen LogP contribution in [0.25, 0.3) is 0 Å². The number of methoxy groups -OCH3 is 1. The Labute approximate surface area is 112 Å². The molecule has 0 aromatic heterocycles. The monoisotopic (exact) mass is 265 g/mol. The van der Waals surface area contributed by atoms with E-state index in [2.05, 4.69) is 5.32 Å². The lowest BCUT2D eigenvalue weighted by molar-refractivity contribution is -0.128. The molecule has 104 valence electrons. The molecule has 6 heteroatoms. The number of hydrogen-bond donors (Lipinski definition) is 3. The number of benzene rings is 1. The lowest BCUT2D eigenvalue weighted by Crippen LogP contribution is -2.52. The topological polar surface area (TPSA) is 107 Å². The van der Waals surface area contributed by atoms with Gasteiger partial charge in [-0.1, -0.05) is 30.3 Å². The molecule has 5 N–H and O–H groups in total. The van der Waals surface area contributed by atoms with Crippen LogP contribution in [0.15, 0.2) is 30.3 Å². The molecule has 19 heavy (non-hydrogen) atoms. The third-order valence-corrected chi connectivity index (χ3v) is 2.63. The highest BCUT2D eigenvalue weighted by molar-refractivity contribution is 5.89. The number of amides is 2. The Kier molecular flexibility index (Phi) is 5.98. The van der Waals surface area contributed by atoms with Gasteiger partial charge in [0, 0.05) is 13.5 Å². The third kappa shape index (κ3) is 5.07. The van der Waals surface area contributed by atoms with Crippen molar-refractivity contribution in [3.63, 3.8) is 0 Å². The molecule has 0 bridgehead atoms. The summed E-state index contributed by atoms with van der Waals surface area (Å²) in [6.07, 6.45) is 0.335. The van der Waals surface area contributed by atoms with Crippen molar-refractivity contribution in [2.75, 3.05) is 13.7 Å². The van der Waals surface area contributed by atoms with Gasteiger partial charge in [-0.25, -0.2) is 0 Å². The van der Waals surface area contributed by atoms with Gasteiger partial charge in [0.25, 0.3) is 0 Å². The molecule has 1 aromatic rings. The van der Waals surface area contributed by atoms with E-state index in [1.807, 2.05) is 30.3 Å². The van der Waals surface area contributed by atoms with E-state index < -0.39 is 23.9 Å². The molecule has 6 nitrogen and oxygen atoms in total. The van der Waals surface area contributed by atoms with Crippen molar-refractivity contribution in [1.29, 1.82) is 0 Å². The molecular weight excluding hydrogens is 246 g/mol. The smallest absolute Gasteiger partial charge is 0.240 e. The third-order valence-electron chi connectivity index (χ3n) is 2.63. The maximum Gasteiger partial charge on any atom is 0.240 e. The van der Waals surface area contributed by atoms with Crippen molar-refractivity contribution in [2.45, 2.75) is 18.5 Å². The first-order chi connectivity index (χ1) is 9.04. The van der Waals surface area contributed by atoms with Crippen molar-refractivity contribution in [3.05, 3.63) is 35.9 Å². The van der Waals surface area contributed by atoms with E-state index in [9.17, 15) is 9.59 Å². The van der Waals surface area contributed by atoms with E-state index in [4.69, 9.17) is 16.2 Å². The van der Waals surface area contributed by atoms with Gasteiger partial charge in [0.1, 0.15) is 12.1 Å². The molecule has 1 rings (SSSR count). The fraction of sp³-hybridized carbons (Fsp3) is 0.385. The largest absolute Gasteiger partial charge is 0.383 e. The van der Waals surface area contributed by atoms with E-state index in [0.717, 1.165) is 5.56 Å². The van der Waals surface area contributed by atoms with Crippen molar-refractivity contribution in [2.24, 2.45) is 11.5 Å². The minimum atomic E-state index is -0.817. The zero-order valence-corrected chi connectivity index (χ0v) is 10.8. The van der Waals surface area contributed by atoms with Gasteiger partial charge >= 0.3 is 0 Å². The van der Waals surface area contributed by atoms with Gasteiger partial charge in [0.15, 0.2) is 0 Å². The molecule has 2 unspecified atom stereocenters. The number of primary amides is 1. The molecule has 0 aliphatic rings. The van der Waals surface area contributed by atoms with Crippen molar-refractivity contribution in [3.8, 4) is 0 Å². The first-order valence-electron chi connectivity index (χ1n) is 5.92. The van der Waals surface area contributed by atoms with E-state index in [-0.39, 0.29) is 6.61 Å². The number of hydrogen-bond acceptors (Lipinski definition) is 4. The lowest BCUT2D eigenvalue weighted by atomic mass is 10.1. The van der Waals surface area contributed by atoms with Gasteiger partial charge in [-0.15, -0.1) is 0 Å². The molecule has 0 radical (unpaired) electrons. The van der Waals surface area contributed by atoms with Crippen LogP contribution < -0.4 is 16.8 Å². The highest BCUT2D eigenvalue weighted by atomic mass is 16.5. The van der Waals surface area contributed by atoms with E-state index in [0.29, 0.717) is 6.42 Å². The number of carbonyl (C=O) groups excluding carboxylic acids is 2. The molecule has 2 atom stereocenters. The van der Waals surface area contributed by atoms with Crippen molar-refractivity contribution >= 4 is 11.8 Å². The number of ether oxygens (including phenoxy) is 1. The molecule has 0 fully saturated rings. The minimum absolute atomic E-state index is 0.0860. The molecule has 0 aliphatic carbocycles. The molecule has 0 aliphatic heterocycles. The van der Waals surface area contributed by atoms with Crippen LogP contribution in [0.5, 0.6) is 0 Å². The quantitative estimate of drug-likeness (QED) is 0.598. The van der Waals surface area contributed by atoms with E-state index in [1.54, 1.807) is 0 Å². The summed E-state index contributed by atoms with van der Waals surface area (Å²) >= 11 is 0. The van der Waals surface area contributed by atoms with Gasteiger partial charge in [-0.2, -0.15) is 0 Å². The Morgan fingerprint density at radius 3 is 2.47 bits per heavy atom. The molecule has 0 heterocycles. The highest BCUT2D eigenvalue weighted by Crippen LogP contribution is 2.03. The summed E-state index contributed by atoms with van der Waals surface area (Å²) in [7, 11) is 1.45. The lowest BCUT2D eigenvalue weighted by Gasteiger charge is -2.18. The summed E-state index contributed by atoms with van der Waals surface area (Å²) in [6, 6.07) is 7.70. The fourth-order valence-electron chi connectivity index (χ4n) is 1.61. The first-order valence-corrected chi connectivity index (χ1v) is 5.92. The fourth-order valence-corrected chi connectivity index (χ4v) is 1.61. The van der Waals surface area contributed by atoms with Gasteiger partial charge in [-0.3, -0.25) is 9.59 Å². The predicted octanol–water partition coefficient (Wildman–Crippen LogP) is -0.827. The summed E-state index contributed by atoms with van der Waals surface area (Å²) in [5, 5.41) is 2.53. The molecule has 0 spiro atoms. The number of carbonyl (C=O) groups is 2. The second-order valence-electron chi connectivity index (χ2n) is 4.22. The van der Waals surface area contributed by atoms with Gasteiger partial charge < -0.3 is 21.5 Å². The van der Waals surface area contributed by atoms with E-state index >= 15 is 0 Å². The normalized spacial score (nSPS) is 13.6. The Bertz CT molecular complexity index is 422. The Balaban J connectivity index is 2.64. The summed E-state index contributed by atoms with van der Waals surface area (Å²) in [5.74, 6) is -1.05. The Hall–Kier alpha value is -1.92. The molecule has 1 aromatic carbocycles. The first kappa shape index (κ1) is 15.1. The second-order valence-corrected chi connectivity index (χ2v) is 4.22. The molecule has 0 saturated carbocycles. The van der Waals surface area contributed by atoms with Crippen LogP contribution in [0.2, 0.25) is 0 Å². The zero-order valence-electron chi connectivity index (χ0n) is 10.8. The summed E-state index contributed by atoms with van der Waals surface area (Å²) < 4.78 is 4.78. The number of rotatable bonds is 7. The van der Waals surface area contributed by atoms with Crippen LogP contribution >= 0.6 is 0 Å². The van der Waals surface area contributed by atoms with Crippen LogP contribution in [-0.4, -0.2) is 37.6 Å². The average molecular weight is 265 g/mol. The Morgan fingerprint density at radius 1 is 1.32 bits per heavy atom. The standard InChI is InChI=1S/C13H19N3O3/c1-19-8-10(14)13(18)16-11(12(15)17)7-9-5-3-2-4-6-9/h2-6,10-11H,7-8,14H2,1H3,(H2,15,17)(H,16,18). The van der Waals surface area contributed by atoms with Crippen LogP contribution in [0.3, 0.4) is 0 Å². The van der Waals surface area contributed by atoms with Gasteiger partial charge in [0.2, 0.25) is 11.8 Å². The zero-order chi connectivity index (χ0) is 14.3. The second kappa shape index (κ2) is 7.50. The highest BCUT2D eigenvalue weighted by Gasteiger charge is 2.22. The molecule has 0 saturated heterocycles. The summed E-state index contributed by atoms with van der Waals surface area (Å²) in [5.41, 5.74) is 11.8. The predicted molar refractivity (Wildman–Crippen MR) is 71.1 cm³/mol. The van der Waals surface area contributed by atoms with Crippen LogP contribution in [0, 0.1) is 0 Å². The molecular formula is C13H19N3O3. The van der Waals surface area contributed by atoms with Crippen molar-refractivity contribution < 1.29 is 14.3 Å². The molecule has 2 amide bonds. The SMILES string of the molecule is COCC(N)C(=O)NC(Cc1ccccc1)C(N)=O. The average Bonchev–Trinajstić information content (AvgIpc) is 2.39. The maximum absolute atomic E-state index is 11.7. The van der Waals surface area contributed by atoms with Gasteiger partial charge in [-0.05, 0) is 5.56 Å². The number of nitrogens with two attached hydrogens (primary N) is 2. The minimum Gasteiger partial charge on any atom is -0.383 e. The van der Waals surface area contributed by atoms with Gasteiger partial charge in [0.05, 0.1) is 6.61 Å². The van der Waals surface area contributed by atoms with Crippen LogP contribution in [0.4, 0.5) is 0 Å². The van der Waals surface area contributed by atoms with Crippen LogP contribution in [-0.2, 0) is 20.7 Å². The summed E-state index contributed by atoms with van der Waals surface area (Å²) in [4.78, 5) is 23.1. The Morgan fingerprint density at radius 2 is 1.95 bits per heavy atom. The van der Waals surface area contributed by atoms with Crippen LogP contribution in [0.1, 0.15) is 5.56 Å². The number of nitrogens with one attached hydrogen (secondary N) is 1. The van der Waals surface area contributed by atoms with Crippen molar-refractivity contribution in [1.82, 2.24) is 5.32 Å².